The average molecular weight is 296 g/mol. The Kier molecular flexibility index (Phi) is 5.28. The van der Waals surface area contributed by atoms with E-state index in [2.05, 4.69) is 19.2 Å². The Morgan fingerprint density at radius 1 is 1.38 bits per heavy atom. The van der Waals surface area contributed by atoms with Gasteiger partial charge < -0.3 is 10.2 Å². The largest absolute Gasteiger partial charge is 0.334 e. The van der Waals surface area contributed by atoms with Crippen molar-refractivity contribution < 1.29 is 13.6 Å². The van der Waals surface area contributed by atoms with Gasteiger partial charge in [0, 0.05) is 24.7 Å². The number of hydrogen-bond acceptors (Lipinski definition) is 2. The molecule has 116 valence electrons. The van der Waals surface area contributed by atoms with E-state index >= 15 is 0 Å². The van der Waals surface area contributed by atoms with E-state index in [1.807, 2.05) is 0 Å². The monoisotopic (exact) mass is 296 g/mol. The van der Waals surface area contributed by atoms with Crippen molar-refractivity contribution in [1.29, 1.82) is 0 Å². The fourth-order valence-electron chi connectivity index (χ4n) is 2.75. The molecule has 0 radical (unpaired) electrons. The van der Waals surface area contributed by atoms with Gasteiger partial charge in [0.25, 0.3) is 5.91 Å². The minimum atomic E-state index is -0.978. The molecule has 5 heteroatoms. The molecule has 1 heterocycles. The summed E-state index contributed by atoms with van der Waals surface area (Å²) in [5, 5.41) is 3.33. The Balaban J connectivity index is 2.21. The lowest BCUT2D eigenvalue weighted by Crippen LogP contribution is -2.44. The topological polar surface area (TPSA) is 32.3 Å². The molecule has 0 aromatic heterocycles. The van der Waals surface area contributed by atoms with Crippen LogP contribution in [-0.4, -0.2) is 36.5 Å². The first-order chi connectivity index (χ1) is 9.99. The van der Waals surface area contributed by atoms with E-state index in [0.29, 0.717) is 12.5 Å². The summed E-state index contributed by atoms with van der Waals surface area (Å²) in [6.45, 7) is 6.49. The standard InChI is InChI=1S/C16H22F2N2O/c1-11(2)8-13-10-19-6-3-7-20(13)16(21)12-4-5-14(17)15(18)9-12/h4-5,9,11,13,19H,3,6-8,10H2,1-2H3. The molecule has 0 saturated carbocycles. The van der Waals surface area contributed by atoms with E-state index in [1.165, 1.54) is 6.07 Å². The van der Waals surface area contributed by atoms with Gasteiger partial charge in [0.15, 0.2) is 11.6 Å². The van der Waals surface area contributed by atoms with Gasteiger partial charge in [-0.25, -0.2) is 8.78 Å². The molecule has 1 aliphatic rings. The van der Waals surface area contributed by atoms with Gasteiger partial charge in [-0.15, -0.1) is 0 Å². The summed E-state index contributed by atoms with van der Waals surface area (Å²) in [5.74, 6) is -1.66. The summed E-state index contributed by atoms with van der Waals surface area (Å²) >= 11 is 0. The molecule has 1 aliphatic heterocycles. The number of nitrogens with one attached hydrogen (secondary N) is 1. The average Bonchev–Trinajstić information content (AvgIpc) is 2.66. The normalized spacial score (nSPS) is 19.7. The van der Waals surface area contributed by atoms with Gasteiger partial charge >= 0.3 is 0 Å². The molecular formula is C16H22F2N2O. The van der Waals surface area contributed by atoms with E-state index in [-0.39, 0.29) is 17.5 Å². The van der Waals surface area contributed by atoms with E-state index < -0.39 is 11.6 Å². The number of hydrogen-bond donors (Lipinski definition) is 1. The zero-order chi connectivity index (χ0) is 15.4. The minimum Gasteiger partial charge on any atom is -0.334 e. The second-order valence-electron chi connectivity index (χ2n) is 5.97. The van der Waals surface area contributed by atoms with Gasteiger partial charge in [0.2, 0.25) is 0 Å². The van der Waals surface area contributed by atoms with E-state index in [1.54, 1.807) is 4.90 Å². The Morgan fingerprint density at radius 2 is 2.14 bits per heavy atom. The lowest BCUT2D eigenvalue weighted by atomic mass is 10.0. The second-order valence-corrected chi connectivity index (χ2v) is 5.97. The van der Waals surface area contributed by atoms with Crippen LogP contribution in [0, 0.1) is 17.6 Å². The molecule has 3 nitrogen and oxygen atoms in total. The minimum absolute atomic E-state index is 0.0908. The predicted molar refractivity (Wildman–Crippen MR) is 78.1 cm³/mol. The SMILES string of the molecule is CC(C)CC1CNCCCN1C(=O)c1ccc(F)c(F)c1. The quantitative estimate of drug-likeness (QED) is 0.930. The lowest BCUT2D eigenvalue weighted by Gasteiger charge is -2.31. The number of benzene rings is 1. The highest BCUT2D eigenvalue weighted by atomic mass is 19.2. The summed E-state index contributed by atoms with van der Waals surface area (Å²) in [4.78, 5) is 14.4. The number of halogens is 2. The number of rotatable bonds is 3. The first-order valence-electron chi connectivity index (χ1n) is 7.45. The molecule has 1 N–H and O–H groups in total. The number of carbonyl (C=O) groups excluding carboxylic acids is 1. The van der Waals surface area contributed by atoms with Crippen molar-refractivity contribution >= 4 is 5.91 Å². The van der Waals surface area contributed by atoms with Gasteiger partial charge in [0.1, 0.15) is 0 Å². The Hall–Kier alpha value is -1.49. The molecule has 1 aromatic rings. The van der Waals surface area contributed by atoms with Gasteiger partial charge in [0.05, 0.1) is 0 Å². The highest BCUT2D eigenvalue weighted by Crippen LogP contribution is 2.18. The fraction of sp³-hybridized carbons (Fsp3) is 0.562. The molecule has 2 rings (SSSR count). The van der Waals surface area contributed by atoms with Crippen LogP contribution in [0.3, 0.4) is 0 Å². The maximum Gasteiger partial charge on any atom is 0.254 e. The number of amides is 1. The molecule has 1 atom stereocenters. The Labute approximate surface area is 124 Å². The number of carbonyl (C=O) groups is 1. The van der Waals surface area contributed by atoms with Crippen molar-refractivity contribution in [1.82, 2.24) is 10.2 Å². The third kappa shape index (κ3) is 4.00. The van der Waals surface area contributed by atoms with Crippen LogP contribution in [0.1, 0.15) is 37.0 Å². The summed E-state index contributed by atoms with van der Waals surface area (Å²) in [7, 11) is 0. The number of nitrogens with zero attached hydrogens (tertiary/aromatic N) is 1. The molecular weight excluding hydrogens is 274 g/mol. The second kappa shape index (κ2) is 6.98. The molecule has 1 amide bonds. The zero-order valence-corrected chi connectivity index (χ0v) is 12.5. The van der Waals surface area contributed by atoms with Crippen molar-refractivity contribution in [3.05, 3.63) is 35.4 Å². The summed E-state index contributed by atoms with van der Waals surface area (Å²) < 4.78 is 26.3. The van der Waals surface area contributed by atoms with Crippen LogP contribution in [0.25, 0.3) is 0 Å². The van der Waals surface area contributed by atoms with E-state index in [0.717, 1.165) is 38.1 Å². The van der Waals surface area contributed by atoms with Crippen LogP contribution < -0.4 is 5.32 Å². The van der Waals surface area contributed by atoms with Gasteiger partial charge in [-0.05, 0) is 43.5 Å². The van der Waals surface area contributed by atoms with Crippen molar-refractivity contribution in [3.8, 4) is 0 Å². The third-order valence-electron chi connectivity index (χ3n) is 3.74. The van der Waals surface area contributed by atoms with E-state index in [9.17, 15) is 13.6 Å². The summed E-state index contributed by atoms with van der Waals surface area (Å²) in [6.07, 6.45) is 1.76. The molecule has 0 bridgehead atoms. The van der Waals surface area contributed by atoms with Crippen LogP contribution >= 0.6 is 0 Å². The Bertz CT molecular complexity index is 505. The van der Waals surface area contributed by atoms with Crippen molar-refractivity contribution in [2.24, 2.45) is 5.92 Å². The van der Waals surface area contributed by atoms with E-state index in [4.69, 9.17) is 0 Å². The summed E-state index contributed by atoms with van der Waals surface area (Å²) in [6, 6.07) is 3.44. The predicted octanol–water partition coefficient (Wildman–Crippen LogP) is 2.82. The maximum absolute atomic E-state index is 13.3. The van der Waals surface area contributed by atoms with Crippen molar-refractivity contribution in [2.45, 2.75) is 32.7 Å². The zero-order valence-electron chi connectivity index (χ0n) is 12.5. The van der Waals surface area contributed by atoms with Crippen LogP contribution in [0.5, 0.6) is 0 Å². The highest BCUT2D eigenvalue weighted by Gasteiger charge is 2.27. The van der Waals surface area contributed by atoms with Crippen LogP contribution in [-0.2, 0) is 0 Å². The fourth-order valence-corrected chi connectivity index (χ4v) is 2.75. The molecule has 1 fully saturated rings. The summed E-state index contributed by atoms with van der Waals surface area (Å²) in [5.41, 5.74) is 0.213. The third-order valence-corrected chi connectivity index (χ3v) is 3.74. The van der Waals surface area contributed by atoms with Crippen molar-refractivity contribution in [3.63, 3.8) is 0 Å². The molecule has 21 heavy (non-hydrogen) atoms. The first-order valence-corrected chi connectivity index (χ1v) is 7.45. The lowest BCUT2D eigenvalue weighted by molar-refractivity contribution is 0.0672. The van der Waals surface area contributed by atoms with Crippen LogP contribution in [0.2, 0.25) is 0 Å². The van der Waals surface area contributed by atoms with Crippen LogP contribution in [0.4, 0.5) is 8.78 Å². The van der Waals surface area contributed by atoms with Gasteiger partial charge in [-0.3, -0.25) is 4.79 Å². The highest BCUT2D eigenvalue weighted by molar-refractivity contribution is 5.94. The first kappa shape index (κ1) is 15.9. The molecule has 1 unspecified atom stereocenters. The maximum atomic E-state index is 13.3. The van der Waals surface area contributed by atoms with Crippen molar-refractivity contribution in [2.75, 3.05) is 19.6 Å². The molecule has 1 saturated heterocycles. The Morgan fingerprint density at radius 3 is 2.81 bits per heavy atom. The smallest absolute Gasteiger partial charge is 0.254 e. The van der Waals surface area contributed by atoms with Gasteiger partial charge in [-0.1, -0.05) is 13.8 Å². The molecule has 0 spiro atoms. The molecule has 1 aromatic carbocycles. The van der Waals surface area contributed by atoms with Gasteiger partial charge in [-0.2, -0.15) is 0 Å². The van der Waals surface area contributed by atoms with Crippen LogP contribution in [0.15, 0.2) is 18.2 Å². The molecule has 0 aliphatic carbocycles.